The van der Waals surface area contributed by atoms with Crippen molar-refractivity contribution in [2.45, 2.75) is 31.6 Å². The molecule has 7 aromatic carbocycles. The fraction of sp³-hybridized carbons (Fsp3) is 0.106. The monoisotopic (exact) mass is 617 g/mol. The molecule has 0 N–H and O–H groups in total. The topological polar surface area (TPSA) is 3.24 Å². The zero-order valence-electron chi connectivity index (χ0n) is 27.8. The number of rotatable bonds is 6. The van der Waals surface area contributed by atoms with Gasteiger partial charge in [0.2, 0.25) is 0 Å². The summed E-state index contributed by atoms with van der Waals surface area (Å²) in [5, 5.41) is 0. The van der Waals surface area contributed by atoms with E-state index in [2.05, 4.69) is 208 Å². The first kappa shape index (κ1) is 29.7. The second kappa shape index (κ2) is 11.9. The third kappa shape index (κ3) is 4.86. The maximum atomic E-state index is 2.43. The predicted molar refractivity (Wildman–Crippen MR) is 203 cm³/mol. The molecule has 0 radical (unpaired) electrons. The number of hydrogen-bond donors (Lipinski definition) is 0. The highest BCUT2D eigenvalue weighted by atomic mass is 15.1. The first-order valence-electron chi connectivity index (χ1n) is 16.9. The SMILES string of the molecule is CC(C)(C)c1ccc(C2(c3cccc(-c4ccccc4N(c4ccccc4)c4ccccc4)c3)c3ccccc3-c3ccccc32)cc1. The van der Waals surface area contributed by atoms with Gasteiger partial charge in [-0.1, -0.05) is 166 Å². The standard InChI is InChI=1S/C47H39N/c1-46(2,3)35-29-31-36(32-30-35)47(43-26-13-10-24-41(43)42-25-11-14-27-44(42)47)37-18-16-17-34(33-37)40-23-12-15-28-45(40)48(38-19-6-4-7-20-38)39-21-8-5-9-22-39/h4-33H,1-3H3. The molecule has 1 heteroatoms. The molecule has 232 valence electrons. The van der Waals surface area contributed by atoms with Crippen molar-refractivity contribution in [1.82, 2.24) is 0 Å². The lowest BCUT2D eigenvalue weighted by Crippen LogP contribution is -2.29. The van der Waals surface area contributed by atoms with Gasteiger partial charge in [0.1, 0.15) is 0 Å². The van der Waals surface area contributed by atoms with Crippen LogP contribution in [0.25, 0.3) is 22.3 Å². The second-order valence-corrected chi connectivity index (χ2v) is 13.8. The van der Waals surface area contributed by atoms with Crippen LogP contribution in [0.4, 0.5) is 17.1 Å². The summed E-state index contributed by atoms with van der Waals surface area (Å²) in [7, 11) is 0. The molecule has 0 fully saturated rings. The number of benzene rings is 7. The zero-order chi connectivity index (χ0) is 32.7. The summed E-state index contributed by atoms with van der Waals surface area (Å²) in [6, 6.07) is 66.8. The van der Waals surface area contributed by atoms with Gasteiger partial charge >= 0.3 is 0 Å². The first-order valence-corrected chi connectivity index (χ1v) is 16.9. The Kier molecular flexibility index (Phi) is 7.34. The number of anilines is 3. The average molecular weight is 618 g/mol. The van der Waals surface area contributed by atoms with Crippen LogP contribution in [0.15, 0.2) is 182 Å². The van der Waals surface area contributed by atoms with Crippen molar-refractivity contribution in [3.8, 4) is 22.3 Å². The van der Waals surface area contributed by atoms with Gasteiger partial charge in [-0.05, 0) is 86.3 Å². The van der Waals surface area contributed by atoms with Crippen molar-refractivity contribution in [2.24, 2.45) is 0 Å². The van der Waals surface area contributed by atoms with Crippen LogP contribution in [0.1, 0.15) is 48.6 Å². The Hall–Kier alpha value is -5.66. The van der Waals surface area contributed by atoms with E-state index in [0.717, 1.165) is 17.1 Å². The van der Waals surface area contributed by atoms with E-state index in [4.69, 9.17) is 0 Å². The maximum Gasteiger partial charge on any atom is 0.0713 e. The Bertz CT molecular complexity index is 2120. The van der Waals surface area contributed by atoms with Gasteiger partial charge in [0.15, 0.2) is 0 Å². The third-order valence-electron chi connectivity index (χ3n) is 9.92. The van der Waals surface area contributed by atoms with Gasteiger partial charge in [0, 0.05) is 16.9 Å². The summed E-state index contributed by atoms with van der Waals surface area (Å²) in [4.78, 5) is 2.36. The summed E-state index contributed by atoms with van der Waals surface area (Å²) in [5.41, 5.74) is 14.5. The third-order valence-corrected chi connectivity index (χ3v) is 9.92. The van der Waals surface area contributed by atoms with Crippen molar-refractivity contribution < 1.29 is 0 Å². The zero-order valence-corrected chi connectivity index (χ0v) is 27.8. The van der Waals surface area contributed by atoms with E-state index in [-0.39, 0.29) is 5.41 Å². The second-order valence-electron chi connectivity index (χ2n) is 13.8. The maximum absolute atomic E-state index is 2.43. The van der Waals surface area contributed by atoms with Crippen molar-refractivity contribution >= 4 is 17.1 Å². The van der Waals surface area contributed by atoms with Gasteiger partial charge in [-0.15, -0.1) is 0 Å². The van der Waals surface area contributed by atoms with Gasteiger partial charge in [0.05, 0.1) is 11.1 Å². The molecule has 0 atom stereocenters. The predicted octanol–water partition coefficient (Wildman–Crippen LogP) is 12.5. The summed E-state index contributed by atoms with van der Waals surface area (Å²) in [5.74, 6) is 0. The molecule has 1 nitrogen and oxygen atoms in total. The molecule has 1 aliphatic rings. The molecule has 48 heavy (non-hydrogen) atoms. The lowest BCUT2D eigenvalue weighted by Gasteiger charge is -2.35. The van der Waals surface area contributed by atoms with Crippen molar-refractivity contribution in [3.05, 3.63) is 210 Å². The number of fused-ring (bicyclic) bond motifs is 3. The van der Waals surface area contributed by atoms with Crippen molar-refractivity contribution in [2.75, 3.05) is 4.90 Å². The minimum absolute atomic E-state index is 0.0736. The van der Waals surface area contributed by atoms with Crippen LogP contribution in [-0.2, 0) is 10.8 Å². The van der Waals surface area contributed by atoms with E-state index in [1.807, 2.05) is 0 Å². The smallest absolute Gasteiger partial charge is 0.0713 e. The molecule has 8 rings (SSSR count). The van der Waals surface area contributed by atoms with Crippen LogP contribution in [0, 0.1) is 0 Å². The molecule has 0 amide bonds. The van der Waals surface area contributed by atoms with E-state index < -0.39 is 5.41 Å². The average Bonchev–Trinajstić information content (AvgIpc) is 3.44. The molecular formula is C47H39N. The Labute approximate surface area is 284 Å². The van der Waals surface area contributed by atoms with Crippen LogP contribution in [0.5, 0.6) is 0 Å². The Morgan fingerprint density at radius 2 is 0.917 bits per heavy atom. The van der Waals surface area contributed by atoms with Gasteiger partial charge < -0.3 is 4.90 Å². The van der Waals surface area contributed by atoms with Gasteiger partial charge in [0.25, 0.3) is 0 Å². The number of hydrogen-bond acceptors (Lipinski definition) is 1. The van der Waals surface area contributed by atoms with Crippen LogP contribution < -0.4 is 4.90 Å². The van der Waals surface area contributed by atoms with Crippen molar-refractivity contribution in [1.29, 1.82) is 0 Å². The molecule has 0 heterocycles. The largest absolute Gasteiger partial charge is 0.310 e. The molecule has 7 aromatic rings. The Morgan fingerprint density at radius 1 is 0.417 bits per heavy atom. The van der Waals surface area contributed by atoms with Crippen LogP contribution in [0.2, 0.25) is 0 Å². The minimum Gasteiger partial charge on any atom is -0.310 e. The first-order chi connectivity index (χ1) is 23.5. The molecule has 0 aliphatic heterocycles. The van der Waals surface area contributed by atoms with Gasteiger partial charge in [-0.25, -0.2) is 0 Å². The van der Waals surface area contributed by atoms with E-state index >= 15 is 0 Å². The molecular weight excluding hydrogens is 579 g/mol. The van der Waals surface area contributed by atoms with E-state index in [1.165, 1.54) is 50.1 Å². The number of para-hydroxylation sites is 3. The minimum atomic E-state index is -0.465. The molecule has 0 aromatic heterocycles. The van der Waals surface area contributed by atoms with Crippen LogP contribution in [-0.4, -0.2) is 0 Å². The van der Waals surface area contributed by atoms with E-state index in [9.17, 15) is 0 Å². The molecule has 0 saturated carbocycles. The molecule has 0 spiro atoms. The molecule has 0 unspecified atom stereocenters. The number of nitrogens with zero attached hydrogens (tertiary/aromatic N) is 1. The van der Waals surface area contributed by atoms with Crippen LogP contribution in [0.3, 0.4) is 0 Å². The molecule has 1 aliphatic carbocycles. The molecule has 0 saturated heterocycles. The summed E-state index contributed by atoms with van der Waals surface area (Å²) < 4.78 is 0. The Morgan fingerprint density at radius 3 is 1.48 bits per heavy atom. The van der Waals surface area contributed by atoms with Gasteiger partial charge in [-0.3, -0.25) is 0 Å². The highest BCUT2D eigenvalue weighted by Gasteiger charge is 2.46. The van der Waals surface area contributed by atoms with Gasteiger partial charge in [-0.2, -0.15) is 0 Å². The van der Waals surface area contributed by atoms with Crippen molar-refractivity contribution in [3.63, 3.8) is 0 Å². The lowest BCUT2D eigenvalue weighted by molar-refractivity contribution is 0.589. The highest BCUT2D eigenvalue weighted by molar-refractivity contribution is 5.90. The fourth-order valence-electron chi connectivity index (χ4n) is 7.66. The highest BCUT2D eigenvalue weighted by Crippen LogP contribution is 2.56. The fourth-order valence-corrected chi connectivity index (χ4v) is 7.66. The van der Waals surface area contributed by atoms with Crippen LogP contribution >= 0.6 is 0 Å². The van der Waals surface area contributed by atoms with E-state index in [1.54, 1.807) is 0 Å². The normalized spacial score (nSPS) is 13.1. The molecule has 0 bridgehead atoms. The van der Waals surface area contributed by atoms with E-state index in [0.29, 0.717) is 0 Å². The lowest BCUT2D eigenvalue weighted by atomic mass is 9.67. The Balaban J connectivity index is 1.37. The summed E-state index contributed by atoms with van der Waals surface area (Å²) in [6.07, 6.45) is 0. The summed E-state index contributed by atoms with van der Waals surface area (Å²) in [6.45, 7) is 6.85. The summed E-state index contributed by atoms with van der Waals surface area (Å²) >= 11 is 0. The quantitative estimate of drug-likeness (QED) is 0.179.